The number of anilines is 3. The highest BCUT2D eigenvalue weighted by Crippen LogP contribution is 2.29. The van der Waals surface area contributed by atoms with Gasteiger partial charge in [0.25, 0.3) is 0 Å². The predicted molar refractivity (Wildman–Crippen MR) is 102 cm³/mol. The first-order valence-corrected chi connectivity index (χ1v) is 8.99. The first kappa shape index (κ1) is 18.0. The van der Waals surface area contributed by atoms with Crippen LogP contribution in [0.1, 0.15) is 6.92 Å². The maximum atomic E-state index is 13.7. The van der Waals surface area contributed by atoms with Gasteiger partial charge in [-0.3, -0.25) is 4.79 Å². The minimum atomic E-state index is -0.330. The summed E-state index contributed by atoms with van der Waals surface area (Å²) in [5.74, 6) is -0.535. The number of ether oxygens (including phenoxy) is 1. The highest BCUT2D eigenvalue weighted by molar-refractivity contribution is 7.14. The third-order valence-electron chi connectivity index (χ3n) is 3.50. The molecule has 0 radical (unpaired) electrons. The van der Waals surface area contributed by atoms with E-state index in [2.05, 4.69) is 15.6 Å². The van der Waals surface area contributed by atoms with Crippen LogP contribution >= 0.6 is 11.3 Å². The van der Waals surface area contributed by atoms with Gasteiger partial charge in [0.1, 0.15) is 12.4 Å². The van der Waals surface area contributed by atoms with Gasteiger partial charge in [-0.15, -0.1) is 11.3 Å². The van der Waals surface area contributed by atoms with Crippen molar-refractivity contribution in [2.75, 3.05) is 23.8 Å². The summed E-state index contributed by atoms with van der Waals surface area (Å²) >= 11 is 1.38. The predicted octanol–water partition coefficient (Wildman–Crippen LogP) is 4.67. The summed E-state index contributed by atoms with van der Waals surface area (Å²) in [6, 6.07) is 13.8. The Morgan fingerprint density at radius 1 is 1.23 bits per heavy atom. The number of nitrogens with one attached hydrogen (secondary N) is 2. The molecule has 0 aliphatic rings. The van der Waals surface area contributed by atoms with Crippen molar-refractivity contribution >= 4 is 33.8 Å². The number of thiazole rings is 1. The van der Waals surface area contributed by atoms with Gasteiger partial charge in [0.2, 0.25) is 5.91 Å². The third kappa shape index (κ3) is 4.65. The van der Waals surface area contributed by atoms with Crippen molar-refractivity contribution in [3.8, 4) is 11.3 Å². The van der Waals surface area contributed by atoms with Gasteiger partial charge in [0.05, 0.1) is 11.4 Å². The molecule has 134 valence electrons. The van der Waals surface area contributed by atoms with Gasteiger partial charge in [-0.25, -0.2) is 9.37 Å². The zero-order chi connectivity index (χ0) is 18.4. The number of para-hydroxylation sites is 1. The van der Waals surface area contributed by atoms with Crippen molar-refractivity contribution < 1.29 is 13.9 Å². The molecule has 0 atom stereocenters. The fourth-order valence-corrected chi connectivity index (χ4v) is 3.02. The quantitative estimate of drug-likeness (QED) is 0.634. The number of benzene rings is 2. The average molecular weight is 371 g/mol. The lowest BCUT2D eigenvalue weighted by Crippen LogP contribution is -2.18. The van der Waals surface area contributed by atoms with Gasteiger partial charge in [-0.2, -0.15) is 0 Å². The molecule has 0 bridgehead atoms. The van der Waals surface area contributed by atoms with E-state index < -0.39 is 0 Å². The molecule has 1 aromatic heterocycles. The highest BCUT2D eigenvalue weighted by atomic mass is 32.1. The number of hydrogen-bond donors (Lipinski definition) is 2. The fourth-order valence-electron chi connectivity index (χ4n) is 2.29. The van der Waals surface area contributed by atoms with Gasteiger partial charge < -0.3 is 15.4 Å². The Bertz CT molecular complexity index is 898. The normalized spacial score (nSPS) is 10.5. The second kappa shape index (κ2) is 8.55. The molecule has 3 rings (SSSR count). The summed E-state index contributed by atoms with van der Waals surface area (Å²) in [6.45, 7) is 2.35. The molecular formula is C19H18FN3O2S. The minimum absolute atomic E-state index is 0.0220. The molecule has 0 aliphatic heterocycles. The molecule has 0 unspecified atom stereocenters. The topological polar surface area (TPSA) is 63.2 Å². The van der Waals surface area contributed by atoms with Crippen LogP contribution in [-0.4, -0.2) is 24.1 Å². The number of nitrogens with zero attached hydrogens (tertiary/aromatic N) is 1. The van der Waals surface area contributed by atoms with Gasteiger partial charge >= 0.3 is 0 Å². The Balaban J connectivity index is 1.72. The average Bonchev–Trinajstić information content (AvgIpc) is 3.11. The number of hydrogen-bond acceptors (Lipinski definition) is 5. The Hall–Kier alpha value is -2.77. The van der Waals surface area contributed by atoms with E-state index in [0.29, 0.717) is 23.1 Å². The highest BCUT2D eigenvalue weighted by Gasteiger charge is 2.09. The molecule has 7 heteroatoms. The lowest BCUT2D eigenvalue weighted by atomic mass is 10.1. The molecule has 3 aromatic rings. The lowest BCUT2D eigenvalue weighted by Gasteiger charge is -2.06. The number of amides is 1. The molecule has 2 aromatic carbocycles. The Labute approximate surface area is 154 Å². The van der Waals surface area contributed by atoms with Crippen molar-refractivity contribution in [1.29, 1.82) is 0 Å². The first-order chi connectivity index (χ1) is 12.7. The summed E-state index contributed by atoms with van der Waals surface area (Å²) in [6.07, 6.45) is 0. The lowest BCUT2D eigenvalue weighted by molar-refractivity contribution is -0.120. The largest absolute Gasteiger partial charge is 0.372 e. The molecular weight excluding hydrogens is 353 g/mol. The van der Waals surface area contributed by atoms with Crippen LogP contribution in [0, 0.1) is 5.82 Å². The molecule has 0 saturated carbocycles. The van der Waals surface area contributed by atoms with Gasteiger partial charge in [-0.05, 0) is 31.2 Å². The van der Waals surface area contributed by atoms with Crippen LogP contribution in [0.4, 0.5) is 20.9 Å². The molecule has 1 heterocycles. The minimum Gasteiger partial charge on any atom is -0.372 e. The van der Waals surface area contributed by atoms with E-state index in [-0.39, 0.29) is 18.3 Å². The Morgan fingerprint density at radius 3 is 2.88 bits per heavy atom. The second-order valence-electron chi connectivity index (χ2n) is 5.41. The van der Waals surface area contributed by atoms with E-state index in [9.17, 15) is 9.18 Å². The number of halogens is 1. The molecule has 0 spiro atoms. The Morgan fingerprint density at radius 2 is 2.08 bits per heavy atom. The smallest absolute Gasteiger partial charge is 0.250 e. The monoisotopic (exact) mass is 371 g/mol. The molecule has 0 fully saturated rings. The third-order valence-corrected chi connectivity index (χ3v) is 4.26. The molecule has 2 N–H and O–H groups in total. The van der Waals surface area contributed by atoms with Crippen LogP contribution < -0.4 is 10.6 Å². The zero-order valence-corrected chi connectivity index (χ0v) is 15.0. The van der Waals surface area contributed by atoms with E-state index in [1.165, 1.54) is 17.4 Å². The molecule has 0 aliphatic carbocycles. The van der Waals surface area contributed by atoms with Crippen LogP contribution in [0.2, 0.25) is 0 Å². The summed E-state index contributed by atoms with van der Waals surface area (Å²) in [7, 11) is 0. The SMILES string of the molecule is CCOCC(=O)Nc1cccc(-c2csc(Nc3ccccc3F)n2)c1. The van der Waals surface area contributed by atoms with E-state index in [1.54, 1.807) is 24.3 Å². The summed E-state index contributed by atoms with van der Waals surface area (Å²) in [4.78, 5) is 16.3. The molecule has 26 heavy (non-hydrogen) atoms. The van der Waals surface area contributed by atoms with Crippen LogP contribution in [0.15, 0.2) is 53.9 Å². The van der Waals surface area contributed by atoms with E-state index >= 15 is 0 Å². The van der Waals surface area contributed by atoms with E-state index in [0.717, 1.165) is 11.3 Å². The zero-order valence-electron chi connectivity index (χ0n) is 14.2. The molecule has 0 saturated heterocycles. The van der Waals surface area contributed by atoms with Crippen molar-refractivity contribution in [2.45, 2.75) is 6.92 Å². The summed E-state index contributed by atoms with van der Waals surface area (Å²) in [5.41, 5.74) is 2.65. The van der Waals surface area contributed by atoms with Crippen molar-refractivity contribution in [2.24, 2.45) is 0 Å². The number of carbonyl (C=O) groups excluding carboxylic acids is 1. The van der Waals surface area contributed by atoms with Gasteiger partial charge in [-0.1, -0.05) is 24.3 Å². The van der Waals surface area contributed by atoms with Crippen LogP contribution in [-0.2, 0) is 9.53 Å². The standard InChI is InChI=1S/C19H18FN3O2S/c1-2-25-11-18(24)21-14-7-5-6-13(10-14)17-12-26-19(23-17)22-16-9-4-3-8-15(16)20/h3-10,12H,2,11H2,1H3,(H,21,24)(H,22,23). The van der Waals surface area contributed by atoms with Gasteiger partial charge in [0, 0.05) is 23.2 Å². The number of carbonyl (C=O) groups is 1. The van der Waals surface area contributed by atoms with E-state index in [4.69, 9.17) is 4.74 Å². The first-order valence-electron chi connectivity index (χ1n) is 8.11. The number of aromatic nitrogens is 1. The van der Waals surface area contributed by atoms with E-state index in [1.807, 2.05) is 30.5 Å². The Kier molecular flexibility index (Phi) is 5.93. The van der Waals surface area contributed by atoms with Crippen molar-refractivity contribution in [3.05, 3.63) is 59.7 Å². The maximum Gasteiger partial charge on any atom is 0.250 e. The summed E-state index contributed by atoms with van der Waals surface area (Å²) < 4.78 is 18.8. The van der Waals surface area contributed by atoms with Crippen LogP contribution in [0.25, 0.3) is 11.3 Å². The van der Waals surface area contributed by atoms with Gasteiger partial charge in [0.15, 0.2) is 5.13 Å². The maximum absolute atomic E-state index is 13.7. The molecule has 1 amide bonds. The van der Waals surface area contributed by atoms with Crippen molar-refractivity contribution in [1.82, 2.24) is 4.98 Å². The van der Waals surface area contributed by atoms with Crippen molar-refractivity contribution in [3.63, 3.8) is 0 Å². The summed E-state index contributed by atoms with van der Waals surface area (Å²) in [5, 5.41) is 8.24. The number of rotatable bonds is 7. The molecule has 5 nitrogen and oxygen atoms in total. The fraction of sp³-hybridized carbons (Fsp3) is 0.158. The second-order valence-corrected chi connectivity index (χ2v) is 6.27. The van der Waals surface area contributed by atoms with Crippen LogP contribution in [0.5, 0.6) is 0 Å². The van der Waals surface area contributed by atoms with Crippen LogP contribution in [0.3, 0.4) is 0 Å².